The van der Waals surface area contributed by atoms with Crippen LogP contribution in [0.15, 0.2) is 35.7 Å². The Labute approximate surface area is 123 Å². The second-order valence-electron chi connectivity index (χ2n) is 4.07. The summed E-state index contributed by atoms with van der Waals surface area (Å²) in [6.07, 6.45) is 3.21. The number of hydrogen-bond acceptors (Lipinski definition) is 4. The Balaban J connectivity index is 1.92. The van der Waals surface area contributed by atoms with Crippen molar-refractivity contribution >= 4 is 34.0 Å². The molecule has 1 aromatic carbocycles. The maximum Gasteiger partial charge on any atom is 0.226 e. The van der Waals surface area contributed by atoms with E-state index in [9.17, 15) is 9.00 Å². The van der Waals surface area contributed by atoms with Crippen LogP contribution in [-0.2, 0) is 22.1 Å². The van der Waals surface area contributed by atoms with Crippen molar-refractivity contribution < 1.29 is 9.00 Å². The Morgan fingerprint density at radius 3 is 3.00 bits per heavy atom. The number of nitrogens with one attached hydrogen (secondary N) is 1. The predicted octanol–water partition coefficient (Wildman–Crippen LogP) is 1.70. The van der Waals surface area contributed by atoms with Gasteiger partial charge >= 0.3 is 0 Å². The molecule has 0 aliphatic rings. The molecule has 0 aliphatic carbocycles. The second kappa shape index (κ2) is 6.62. The van der Waals surface area contributed by atoms with E-state index in [4.69, 9.17) is 11.6 Å². The Bertz CT molecular complexity index is 644. The highest BCUT2D eigenvalue weighted by Crippen LogP contribution is 2.15. The Morgan fingerprint density at radius 2 is 2.30 bits per heavy atom. The summed E-state index contributed by atoms with van der Waals surface area (Å²) in [5, 5.41) is 11.1. The van der Waals surface area contributed by atoms with Crippen molar-refractivity contribution in [1.82, 2.24) is 14.8 Å². The van der Waals surface area contributed by atoms with Gasteiger partial charge in [0, 0.05) is 29.9 Å². The van der Waals surface area contributed by atoms with Gasteiger partial charge in [-0.15, -0.1) is 10.2 Å². The molecule has 1 aromatic heterocycles. The molecule has 106 valence electrons. The molecular formula is C12H13ClN4O2S. The van der Waals surface area contributed by atoms with Crippen molar-refractivity contribution in [1.29, 1.82) is 0 Å². The zero-order chi connectivity index (χ0) is 14.5. The number of aromatic nitrogens is 3. The molecule has 0 saturated heterocycles. The largest absolute Gasteiger partial charge is 0.326 e. The van der Waals surface area contributed by atoms with E-state index in [1.807, 2.05) is 0 Å². The lowest BCUT2D eigenvalue weighted by Crippen LogP contribution is -2.15. The summed E-state index contributed by atoms with van der Waals surface area (Å²) >= 11 is 5.84. The standard InChI is InChI=1S/C12H13ClN4O2S/c1-20(19)12-16-14-8-17(12)6-5-11(18)15-10-4-2-3-9(13)7-10/h2-4,7-8H,5-6H2,1H3,(H,15,18)/t20-/m1/s1. The van der Waals surface area contributed by atoms with Gasteiger partial charge in [-0.3, -0.25) is 9.00 Å². The van der Waals surface area contributed by atoms with Gasteiger partial charge in [0.1, 0.15) is 6.33 Å². The van der Waals surface area contributed by atoms with Crippen LogP contribution >= 0.6 is 11.6 Å². The van der Waals surface area contributed by atoms with Crippen LogP contribution in [0.4, 0.5) is 5.69 Å². The molecule has 0 bridgehead atoms. The van der Waals surface area contributed by atoms with Gasteiger partial charge in [0.2, 0.25) is 11.1 Å². The molecule has 1 heterocycles. The number of rotatable bonds is 5. The Kier molecular flexibility index (Phi) is 4.86. The first kappa shape index (κ1) is 14.7. The third-order valence-electron chi connectivity index (χ3n) is 2.53. The molecule has 0 unspecified atom stereocenters. The third kappa shape index (κ3) is 3.88. The molecule has 0 aliphatic heterocycles. The van der Waals surface area contributed by atoms with E-state index in [-0.39, 0.29) is 12.3 Å². The zero-order valence-corrected chi connectivity index (χ0v) is 12.3. The fraction of sp³-hybridized carbons (Fsp3) is 0.250. The number of halogens is 1. The summed E-state index contributed by atoms with van der Waals surface area (Å²) in [5.74, 6) is -0.159. The van der Waals surface area contributed by atoms with Gasteiger partial charge < -0.3 is 9.88 Å². The number of benzene rings is 1. The molecule has 0 radical (unpaired) electrons. The third-order valence-corrected chi connectivity index (χ3v) is 3.59. The molecule has 20 heavy (non-hydrogen) atoms. The lowest BCUT2D eigenvalue weighted by molar-refractivity contribution is -0.116. The van der Waals surface area contributed by atoms with E-state index in [0.717, 1.165) is 0 Å². The minimum absolute atomic E-state index is 0.159. The molecule has 1 N–H and O–H groups in total. The van der Waals surface area contributed by atoms with E-state index < -0.39 is 10.8 Å². The number of nitrogens with zero attached hydrogens (tertiary/aromatic N) is 3. The monoisotopic (exact) mass is 312 g/mol. The van der Waals surface area contributed by atoms with Crippen LogP contribution in [0.1, 0.15) is 6.42 Å². The van der Waals surface area contributed by atoms with Gasteiger partial charge in [-0.25, -0.2) is 0 Å². The molecule has 8 heteroatoms. The summed E-state index contributed by atoms with van der Waals surface area (Å²) in [4.78, 5) is 11.8. The quantitative estimate of drug-likeness (QED) is 0.911. The molecule has 0 spiro atoms. The van der Waals surface area contributed by atoms with Crippen LogP contribution in [0.3, 0.4) is 0 Å². The van der Waals surface area contributed by atoms with E-state index in [0.29, 0.717) is 22.4 Å². The predicted molar refractivity (Wildman–Crippen MR) is 77.1 cm³/mol. The number of anilines is 1. The van der Waals surface area contributed by atoms with E-state index in [1.54, 1.807) is 28.8 Å². The Morgan fingerprint density at radius 1 is 1.50 bits per heavy atom. The van der Waals surface area contributed by atoms with Crippen LogP contribution in [0.2, 0.25) is 5.02 Å². The molecule has 1 amide bonds. The number of amides is 1. The van der Waals surface area contributed by atoms with Gasteiger partial charge in [0.05, 0.1) is 10.8 Å². The number of carbonyl (C=O) groups is 1. The highest BCUT2D eigenvalue weighted by molar-refractivity contribution is 7.84. The van der Waals surface area contributed by atoms with Crippen molar-refractivity contribution in [3.05, 3.63) is 35.6 Å². The number of aryl methyl sites for hydroxylation is 1. The van der Waals surface area contributed by atoms with Crippen molar-refractivity contribution in [3.8, 4) is 0 Å². The molecule has 1 atom stereocenters. The fourth-order valence-electron chi connectivity index (χ4n) is 1.63. The minimum atomic E-state index is -1.22. The normalized spacial score (nSPS) is 12.1. The van der Waals surface area contributed by atoms with Crippen LogP contribution in [0.5, 0.6) is 0 Å². The van der Waals surface area contributed by atoms with Gasteiger partial charge in [0.15, 0.2) is 0 Å². The fourth-order valence-corrected chi connectivity index (χ4v) is 2.45. The lowest BCUT2D eigenvalue weighted by Gasteiger charge is -2.07. The summed E-state index contributed by atoms with van der Waals surface area (Å²) in [5.41, 5.74) is 0.644. The summed E-state index contributed by atoms with van der Waals surface area (Å²) in [7, 11) is -1.22. The smallest absolute Gasteiger partial charge is 0.226 e. The van der Waals surface area contributed by atoms with Crippen LogP contribution in [0.25, 0.3) is 0 Å². The molecule has 6 nitrogen and oxygen atoms in total. The molecule has 2 rings (SSSR count). The van der Waals surface area contributed by atoms with Gasteiger partial charge in [-0.1, -0.05) is 17.7 Å². The number of carbonyl (C=O) groups excluding carboxylic acids is 1. The van der Waals surface area contributed by atoms with Crippen LogP contribution < -0.4 is 5.32 Å². The maximum absolute atomic E-state index is 11.8. The first-order chi connectivity index (χ1) is 9.56. The first-order valence-corrected chi connectivity index (χ1v) is 7.76. The van der Waals surface area contributed by atoms with Crippen molar-refractivity contribution in [3.63, 3.8) is 0 Å². The highest BCUT2D eigenvalue weighted by atomic mass is 35.5. The van der Waals surface area contributed by atoms with Gasteiger partial charge in [-0.2, -0.15) is 0 Å². The number of hydrogen-bond donors (Lipinski definition) is 1. The van der Waals surface area contributed by atoms with Crippen molar-refractivity contribution in [2.75, 3.05) is 11.6 Å². The van der Waals surface area contributed by atoms with Gasteiger partial charge in [-0.05, 0) is 18.2 Å². The lowest BCUT2D eigenvalue weighted by atomic mass is 10.3. The van der Waals surface area contributed by atoms with Crippen molar-refractivity contribution in [2.24, 2.45) is 0 Å². The van der Waals surface area contributed by atoms with Crippen LogP contribution in [-0.4, -0.2) is 31.1 Å². The topological polar surface area (TPSA) is 76.9 Å². The van der Waals surface area contributed by atoms with E-state index in [1.165, 1.54) is 12.6 Å². The molecule has 0 fully saturated rings. The summed E-state index contributed by atoms with van der Waals surface area (Å²) in [6, 6.07) is 6.92. The van der Waals surface area contributed by atoms with Gasteiger partial charge in [0.25, 0.3) is 0 Å². The minimum Gasteiger partial charge on any atom is -0.326 e. The van der Waals surface area contributed by atoms with Crippen LogP contribution in [0, 0.1) is 0 Å². The molecule has 0 saturated carbocycles. The SMILES string of the molecule is C[S@@](=O)c1nncn1CCC(=O)Nc1cccc(Cl)c1. The van der Waals surface area contributed by atoms with Crippen molar-refractivity contribution in [2.45, 2.75) is 18.1 Å². The summed E-state index contributed by atoms with van der Waals surface area (Å²) < 4.78 is 13.0. The zero-order valence-electron chi connectivity index (χ0n) is 10.7. The molecular weight excluding hydrogens is 300 g/mol. The average molecular weight is 313 g/mol. The highest BCUT2D eigenvalue weighted by Gasteiger charge is 2.10. The maximum atomic E-state index is 11.8. The Hall–Kier alpha value is -1.73. The van der Waals surface area contributed by atoms with E-state index >= 15 is 0 Å². The summed E-state index contributed by atoms with van der Waals surface area (Å²) in [6.45, 7) is 0.369. The van der Waals surface area contributed by atoms with E-state index in [2.05, 4.69) is 15.5 Å². The molecule has 2 aromatic rings. The first-order valence-electron chi connectivity index (χ1n) is 5.83. The average Bonchev–Trinajstić information content (AvgIpc) is 2.85. The second-order valence-corrected chi connectivity index (χ2v) is 5.78.